The number of halogens is 1. The van der Waals surface area contributed by atoms with Crippen LogP contribution in [0, 0.1) is 18.8 Å². The van der Waals surface area contributed by atoms with Crippen molar-refractivity contribution in [3.63, 3.8) is 0 Å². The number of aryl methyl sites for hydroxylation is 1. The zero-order valence-corrected chi connectivity index (χ0v) is 11.7. The molecular weight excluding hydrogens is 232 g/mol. The predicted molar refractivity (Wildman–Crippen MR) is 73.7 cm³/mol. The van der Waals surface area contributed by atoms with E-state index in [1.54, 1.807) is 0 Å². The first-order chi connectivity index (χ1) is 8.11. The Morgan fingerprint density at radius 2 is 2.18 bits per heavy atom. The number of anilines is 1. The lowest BCUT2D eigenvalue weighted by Gasteiger charge is -2.37. The van der Waals surface area contributed by atoms with Crippen LogP contribution in [0.4, 0.5) is 5.69 Å². The summed E-state index contributed by atoms with van der Waals surface area (Å²) in [5, 5.41) is 0. The number of alkyl halides is 1. The number of nitrogens with zero attached hydrogens (tertiary/aromatic N) is 2. The number of hydrogen-bond donors (Lipinski definition) is 0. The molecule has 0 aliphatic carbocycles. The van der Waals surface area contributed by atoms with Gasteiger partial charge in [0, 0.05) is 36.2 Å². The molecule has 94 valence electrons. The van der Waals surface area contributed by atoms with Crippen molar-refractivity contribution in [1.29, 1.82) is 0 Å². The van der Waals surface area contributed by atoms with Crippen molar-refractivity contribution < 1.29 is 0 Å². The highest BCUT2D eigenvalue weighted by molar-refractivity contribution is 6.17. The lowest BCUT2D eigenvalue weighted by Crippen LogP contribution is -2.38. The maximum Gasteiger partial charge on any atom is 0.0509 e. The molecule has 1 aromatic heterocycles. The minimum atomic E-state index is 0.545. The summed E-state index contributed by atoms with van der Waals surface area (Å²) in [6, 6.07) is 2.17. The van der Waals surface area contributed by atoms with Crippen LogP contribution in [0.5, 0.6) is 0 Å². The monoisotopic (exact) mass is 252 g/mol. The Balaban J connectivity index is 2.24. The fraction of sp³-hybridized carbons (Fsp3) is 0.643. The third kappa shape index (κ3) is 2.74. The van der Waals surface area contributed by atoms with E-state index in [0.29, 0.717) is 5.88 Å². The van der Waals surface area contributed by atoms with Crippen LogP contribution in [-0.4, -0.2) is 18.1 Å². The van der Waals surface area contributed by atoms with E-state index in [9.17, 15) is 0 Å². The predicted octanol–water partition coefficient (Wildman–Crippen LogP) is 3.61. The summed E-state index contributed by atoms with van der Waals surface area (Å²) in [6.45, 7) is 9.00. The molecule has 1 aromatic rings. The van der Waals surface area contributed by atoms with E-state index < -0.39 is 0 Å². The van der Waals surface area contributed by atoms with Gasteiger partial charge in [0.15, 0.2) is 0 Å². The van der Waals surface area contributed by atoms with Crippen LogP contribution in [-0.2, 0) is 5.88 Å². The van der Waals surface area contributed by atoms with E-state index in [0.717, 1.165) is 36.2 Å². The van der Waals surface area contributed by atoms with Crippen LogP contribution in [0.15, 0.2) is 12.3 Å². The van der Waals surface area contributed by atoms with Gasteiger partial charge in [-0.2, -0.15) is 0 Å². The Bertz CT molecular complexity index is 392. The highest BCUT2D eigenvalue weighted by atomic mass is 35.5. The second-order valence-electron chi connectivity index (χ2n) is 5.28. The second kappa shape index (κ2) is 5.26. The Kier molecular flexibility index (Phi) is 3.93. The van der Waals surface area contributed by atoms with Gasteiger partial charge in [0.05, 0.1) is 5.88 Å². The molecule has 2 unspecified atom stereocenters. The van der Waals surface area contributed by atoms with Gasteiger partial charge < -0.3 is 4.90 Å². The summed E-state index contributed by atoms with van der Waals surface area (Å²) in [5.74, 6) is 2.12. The standard InChI is InChI=1S/C14H21ClN2/c1-10-4-5-17(9-11(10)2)14-6-12(3)16-8-13(14)7-15/h6,8,10-11H,4-5,7,9H2,1-3H3. The van der Waals surface area contributed by atoms with Crippen molar-refractivity contribution in [2.24, 2.45) is 11.8 Å². The molecule has 0 amide bonds. The second-order valence-corrected chi connectivity index (χ2v) is 5.54. The van der Waals surface area contributed by atoms with Gasteiger partial charge in [-0.3, -0.25) is 4.98 Å². The van der Waals surface area contributed by atoms with Crippen molar-refractivity contribution in [3.05, 3.63) is 23.5 Å². The Labute approximate surface area is 109 Å². The Morgan fingerprint density at radius 1 is 1.41 bits per heavy atom. The van der Waals surface area contributed by atoms with Gasteiger partial charge in [-0.05, 0) is 31.2 Å². The maximum atomic E-state index is 6.00. The van der Waals surface area contributed by atoms with Crippen LogP contribution in [0.25, 0.3) is 0 Å². The Hall–Kier alpha value is -0.760. The zero-order valence-electron chi connectivity index (χ0n) is 10.9. The zero-order chi connectivity index (χ0) is 12.4. The summed E-state index contributed by atoms with van der Waals surface area (Å²) in [6.07, 6.45) is 3.19. The van der Waals surface area contributed by atoms with E-state index in [-0.39, 0.29) is 0 Å². The van der Waals surface area contributed by atoms with Crippen molar-refractivity contribution in [3.8, 4) is 0 Å². The molecule has 0 spiro atoms. The van der Waals surface area contributed by atoms with Crippen LogP contribution in [0.1, 0.15) is 31.5 Å². The van der Waals surface area contributed by atoms with Gasteiger partial charge in [0.2, 0.25) is 0 Å². The third-order valence-corrected chi connectivity index (χ3v) is 4.21. The first kappa shape index (κ1) is 12.7. The molecule has 0 saturated carbocycles. The van der Waals surface area contributed by atoms with Crippen molar-refractivity contribution in [2.75, 3.05) is 18.0 Å². The minimum absolute atomic E-state index is 0.545. The first-order valence-electron chi connectivity index (χ1n) is 6.38. The van der Waals surface area contributed by atoms with E-state index in [4.69, 9.17) is 11.6 Å². The molecule has 1 saturated heterocycles. The maximum absolute atomic E-state index is 6.00. The molecule has 2 rings (SSSR count). The summed E-state index contributed by atoms with van der Waals surface area (Å²) < 4.78 is 0. The average Bonchev–Trinajstić information content (AvgIpc) is 2.32. The highest BCUT2D eigenvalue weighted by Gasteiger charge is 2.24. The molecular formula is C14H21ClN2. The molecule has 2 nitrogen and oxygen atoms in total. The van der Waals surface area contributed by atoms with E-state index >= 15 is 0 Å². The highest BCUT2D eigenvalue weighted by Crippen LogP contribution is 2.30. The van der Waals surface area contributed by atoms with Gasteiger partial charge in [-0.15, -0.1) is 11.6 Å². The van der Waals surface area contributed by atoms with Gasteiger partial charge in [0.25, 0.3) is 0 Å². The van der Waals surface area contributed by atoms with Crippen LogP contribution < -0.4 is 4.90 Å². The number of piperidine rings is 1. The smallest absolute Gasteiger partial charge is 0.0509 e. The van der Waals surface area contributed by atoms with E-state index in [1.165, 1.54) is 12.1 Å². The molecule has 2 heterocycles. The molecule has 1 fully saturated rings. The van der Waals surface area contributed by atoms with Crippen LogP contribution in [0.3, 0.4) is 0 Å². The van der Waals surface area contributed by atoms with Crippen LogP contribution in [0.2, 0.25) is 0 Å². The molecule has 0 radical (unpaired) electrons. The summed E-state index contributed by atoms with van der Waals surface area (Å²) in [7, 11) is 0. The molecule has 2 atom stereocenters. The normalized spacial score (nSPS) is 25.1. The largest absolute Gasteiger partial charge is 0.371 e. The summed E-state index contributed by atoms with van der Waals surface area (Å²) in [4.78, 5) is 6.80. The van der Waals surface area contributed by atoms with Crippen molar-refractivity contribution in [1.82, 2.24) is 4.98 Å². The molecule has 0 N–H and O–H groups in total. The lowest BCUT2D eigenvalue weighted by molar-refractivity contribution is 0.323. The Morgan fingerprint density at radius 3 is 2.82 bits per heavy atom. The third-order valence-electron chi connectivity index (χ3n) is 3.92. The number of pyridine rings is 1. The fourth-order valence-corrected chi connectivity index (χ4v) is 2.66. The fourth-order valence-electron chi connectivity index (χ4n) is 2.45. The van der Waals surface area contributed by atoms with Gasteiger partial charge in [-0.25, -0.2) is 0 Å². The SMILES string of the molecule is Cc1cc(N2CCC(C)C(C)C2)c(CCl)cn1. The number of aromatic nitrogens is 1. The average molecular weight is 253 g/mol. The van der Waals surface area contributed by atoms with Gasteiger partial charge in [0.1, 0.15) is 0 Å². The van der Waals surface area contributed by atoms with Crippen molar-refractivity contribution >= 4 is 17.3 Å². The summed E-state index contributed by atoms with van der Waals surface area (Å²) >= 11 is 6.00. The molecule has 1 aliphatic heterocycles. The van der Waals surface area contributed by atoms with Crippen molar-refractivity contribution in [2.45, 2.75) is 33.1 Å². The summed E-state index contributed by atoms with van der Waals surface area (Å²) in [5.41, 5.74) is 3.51. The molecule has 3 heteroatoms. The molecule has 17 heavy (non-hydrogen) atoms. The molecule has 0 aromatic carbocycles. The minimum Gasteiger partial charge on any atom is -0.371 e. The first-order valence-corrected chi connectivity index (χ1v) is 6.91. The molecule has 0 bridgehead atoms. The molecule has 1 aliphatic rings. The van der Waals surface area contributed by atoms with Gasteiger partial charge >= 0.3 is 0 Å². The van der Waals surface area contributed by atoms with E-state index in [2.05, 4.69) is 29.8 Å². The topological polar surface area (TPSA) is 16.1 Å². The van der Waals surface area contributed by atoms with Crippen LogP contribution >= 0.6 is 11.6 Å². The lowest BCUT2D eigenvalue weighted by atomic mass is 9.88. The number of rotatable bonds is 2. The van der Waals surface area contributed by atoms with Gasteiger partial charge in [-0.1, -0.05) is 13.8 Å². The van der Waals surface area contributed by atoms with E-state index in [1.807, 2.05) is 13.1 Å². The number of hydrogen-bond acceptors (Lipinski definition) is 2. The quantitative estimate of drug-likeness (QED) is 0.748.